The van der Waals surface area contributed by atoms with Crippen LogP contribution in [-0.2, 0) is 13.0 Å². The number of aromatic nitrogens is 4. The predicted molar refractivity (Wildman–Crippen MR) is 82.7 cm³/mol. The molecule has 3 aromatic rings. The van der Waals surface area contributed by atoms with E-state index in [0.717, 1.165) is 41.6 Å². The molecule has 6 heteroatoms. The molecular weight excluding hydrogens is 282 g/mol. The molecule has 0 bridgehead atoms. The largest absolute Gasteiger partial charge is 0.350 e. The van der Waals surface area contributed by atoms with Crippen LogP contribution in [0.15, 0.2) is 24.1 Å². The van der Waals surface area contributed by atoms with Gasteiger partial charge in [0.1, 0.15) is 17.0 Å². The summed E-state index contributed by atoms with van der Waals surface area (Å²) in [5.74, 6) is 1.05. The average Bonchev–Trinajstić information content (AvgIpc) is 3.10. The van der Waals surface area contributed by atoms with Crippen molar-refractivity contribution in [2.45, 2.75) is 31.8 Å². The average molecular weight is 297 g/mol. The number of anilines is 1. The van der Waals surface area contributed by atoms with Gasteiger partial charge in [-0.15, -0.1) is 11.3 Å². The molecule has 2 aliphatic rings. The first kappa shape index (κ1) is 11.7. The van der Waals surface area contributed by atoms with Gasteiger partial charge < -0.3 is 9.47 Å². The van der Waals surface area contributed by atoms with E-state index < -0.39 is 0 Å². The monoisotopic (exact) mass is 297 g/mol. The Morgan fingerprint density at radius 3 is 3.05 bits per heavy atom. The molecule has 5 nitrogen and oxygen atoms in total. The number of hydrogen-bond donors (Lipinski definition) is 0. The maximum atomic E-state index is 4.64. The minimum absolute atomic E-state index is 0.718. The van der Waals surface area contributed by atoms with E-state index in [-0.39, 0.29) is 0 Å². The van der Waals surface area contributed by atoms with E-state index in [2.05, 4.69) is 35.9 Å². The number of thiophene rings is 1. The van der Waals surface area contributed by atoms with Crippen molar-refractivity contribution in [3.8, 4) is 0 Å². The zero-order valence-corrected chi connectivity index (χ0v) is 12.4. The van der Waals surface area contributed by atoms with Crippen molar-refractivity contribution in [2.75, 3.05) is 11.4 Å². The number of hydrogen-bond acceptors (Lipinski definition) is 5. The molecule has 0 saturated heterocycles. The first-order chi connectivity index (χ1) is 10.4. The third-order valence-electron chi connectivity index (χ3n) is 4.42. The van der Waals surface area contributed by atoms with Gasteiger partial charge in [-0.05, 0) is 24.3 Å². The van der Waals surface area contributed by atoms with Crippen molar-refractivity contribution in [2.24, 2.45) is 0 Å². The van der Waals surface area contributed by atoms with E-state index in [4.69, 9.17) is 0 Å². The van der Waals surface area contributed by atoms with Crippen molar-refractivity contribution in [1.29, 1.82) is 0 Å². The van der Waals surface area contributed by atoms with Gasteiger partial charge in [-0.2, -0.15) is 0 Å². The molecule has 0 N–H and O–H groups in total. The molecule has 0 radical (unpaired) electrons. The second kappa shape index (κ2) is 4.27. The molecule has 21 heavy (non-hydrogen) atoms. The maximum absolute atomic E-state index is 4.64. The molecule has 1 aliphatic heterocycles. The second-order valence-electron chi connectivity index (χ2n) is 5.78. The normalized spacial score (nSPS) is 18.2. The van der Waals surface area contributed by atoms with Crippen LogP contribution in [0, 0.1) is 0 Å². The lowest BCUT2D eigenvalue weighted by atomic mass is 10.1. The van der Waals surface area contributed by atoms with Gasteiger partial charge in [0.25, 0.3) is 0 Å². The van der Waals surface area contributed by atoms with Crippen LogP contribution in [0.1, 0.15) is 30.3 Å². The van der Waals surface area contributed by atoms with Crippen LogP contribution >= 0.6 is 11.3 Å². The van der Waals surface area contributed by atoms with Crippen LogP contribution in [0.5, 0.6) is 0 Å². The molecule has 0 spiro atoms. The lowest BCUT2D eigenvalue weighted by Gasteiger charge is -2.28. The van der Waals surface area contributed by atoms with Gasteiger partial charge in [0.2, 0.25) is 0 Å². The SMILES string of the molecule is c1nc(N2CCc3c(ncn3C3CC3)C2)c2ccsc2n1. The fourth-order valence-electron chi connectivity index (χ4n) is 3.21. The van der Waals surface area contributed by atoms with Crippen LogP contribution in [-0.4, -0.2) is 26.1 Å². The summed E-state index contributed by atoms with van der Waals surface area (Å²) < 4.78 is 2.40. The third kappa shape index (κ3) is 1.78. The Morgan fingerprint density at radius 1 is 1.19 bits per heavy atom. The molecule has 0 amide bonds. The molecule has 5 rings (SSSR count). The molecule has 1 saturated carbocycles. The topological polar surface area (TPSA) is 46.8 Å². The summed E-state index contributed by atoms with van der Waals surface area (Å²) in [6.07, 6.45) is 7.39. The minimum atomic E-state index is 0.718. The fourth-order valence-corrected chi connectivity index (χ4v) is 3.94. The zero-order chi connectivity index (χ0) is 13.8. The van der Waals surface area contributed by atoms with Gasteiger partial charge in [0.05, 0.1) is 24.0 Å². The number of fused-ring (bicyclic) bond motifs is 2. The van der Waals surface area contributed by atoms with E-state index >= 15 is 0 Å². The predicted octanol–water partition coefficient (Wildman–Crippen LogP) is 2.79. The Bertz CT molecular complexity index is 816. The van der Waals surface area contributed by atoms with E-state index in [1.807, 2.05) is 6.33 Å². The van der Waals surface area contributed by atoms with Gasteiger partial charge in [-0.3, -0.25) is 0 Å². The Labute approximate surface area is 126 Å². The van der Waals surface area contributed by atoms with Crippen LogP contribution < -0.4 is 4.90 Å². The summed E-state index contributed by atoms with van der Waals surface area (Å²) in [4.78, 5) is 16.9. The van der Waals surface area contributed by atoms with E-state index in [0.29, 0.717) is 0 Å². The lowest BCUT2D eigenvalue weighted by Crippen LogP contribution is -2.32. The standard InChI is InChI=1S/C15H15N5S/c1-2-10(1)20-9-18-12-7-19(5-3-13(12)20)14-11-4-6-21-15(11)17-8-16-14/h4,6,8-10H,1-3,5,7H2. The highest BCUT2D eigenvalue weighted by molar-refractivity contribution is 7.16. The quantitative estimate of drug-likeness (QED) is 0.730. The number of nitrogens with zero attached hydrogens (tertiary/aromatic N) is 5. The van der Waals surface area contributed by atoms with E-state index in [1.165, 1.54) is 24.2 Å². The summed E-state index contributed by atoms with van der Waals surface area (Å²) in [5, 5.41) is 3.24. The molecular formula is C15H15N5S. The lowest BCUT2D eigenvalue weighted by molar-refractivity contribution is 0.639. The van der Waals surface area contributed by atoms with Crippen LogP contribution in [0.4, 0.5) is 5.82 Å². The van der Waals surface area contributed by atoms with Crippen molar-refractivity contribution in [3.63, 3.8) is 0 Å². The van der Waals surface area contributed by atoms with Crippen molar-refractivity contribution in [3.05, 3.63) is 35.5 Å². The van der Waals surface area contributed by atoms with Gasteiger partial charge in [0, 0.05) is 24.7 Å². The summed E-state index contributed by atoms with van der Waals surface area (Å²) in [6, 6.07) is 2.84. The van der Waals surface area contributed by atoms with Gasteiger partial charge in [-0.1, -0.05) is 0 Å². The summed E-state index contributed by atoms with van der Waals surface area (Å²) >= 11 is 1.67. The second-order valence-corrected chi connectivity index (χ2v) is 6.68. The fraction of sp³-hybridized carbons (Fsp3) is 0.400. The van der Waals surface area contributed by atoms with Crippen molar-refractivity contribution >= 4 is 27.4 Å². The molecule has 4 heterocycles. The van der Waals surface area contributed by atoms with Gasteiger partial charge in [-0.25, -0.2) is 15.0 Å². The molecule has 0 unspecified atom stereocenters. The van der Waals surface area contributed by atoms with E-state index in [1.54, 1.807) is 17.7 Å². The molecule has 1 aliphatic carbocycles. The number of rotatable bonds is 2. The molecule has 3 aromatic heterocycles. The minimum Gasteiger partial charge on any atom is -0.350 e. The highest BCUT2D eigenvalue weighted by atomic mass is 32.1. The highest BCUT2D eigenvalue weighted by Crippen LogP contribution is 2.38. The zero-order valence-electron chi connectivity index (χ0n) is 11.6. The van der Waals surface area contributed by atoms with Crippen molar-refractivity contribution < 1.29 is 0 Å². The Kier molecular flexibility index (Phi) is 2.38. The Balaban J connectivity index is 1.53. The Morgan fingerprint density at radius 2 is 2.14 bits per heavy atom. The molecule has 1 fully saturated rings. The molecule has 106 valence electrons. The van der Waals surface area contributed by atoms with Crippen molar-refractivity contribution in [1.82, 2.24) is 19.5 Å². The summed E-state index contributed by atoms with van der Waals surface area (Å²) in [6.45, 7) is 1.87. The van der Waals surface area contributed by atoms with Crippen LogP contribution in [0.2, 0.25) is 0 Å². The highest BCUT2D eigenvalue weighted by Gasteiger charge is 2.30. The summed E-state index contributed by atoms with van der Waals surface area (Å²) in [7, 11) is 0. The maximum Gasteiger partial charge on any atom is 0.141 e. The Hall–Kier alpha value is -1.95. The smallest absolute Gasteiger partial charge is 0.141 e. The third-order valence-corrected chi connectivity index (χ3v) is 5.24. The van der Waals surface area contributed by atoms with Gasteiger partial charge >= 0.3 is 0 Å². The van der Waals surface area contributed by atoms with E-state index in [9.17, 15) is 0 Å². The van der Waals surface area contributed by atoms with Crippen LogP contribution in [0.25, 0.3) is 10.2 Å². The first-order valence-corrected chi connectivity index (χ1v) is 8.26. The number of imidazole rings is 1. The molecule has 0 atom stereocenters. The first-order valence-electron chi connectivity index (χ1n) is 7.38. The molecule has 0 aromatic carbocycles. The summed E-state index contributed by atoms with van der Waals surface area (Å²) in [5.41, 5.74) is 2.65. The van der Waals surface area contributed by atoms with Crippen LogP contribution in [0.3, 0.4) is 0 Å². The van der Waals surface area contributed by atoms with Gasteiger partial charge in [0.15, 0.2) is 0 Å².